The molecule has 1 aliphatic carbocycles. The Morgan fingerprint density at radius 3 is 2.90 bits per heavy atom. The van der Waals surface area contributed by atoms with E-state index in [1.54, 1.807) is 0 Å². The van der Waals surface area contributed by atoms with E-state index in [9.17, 15) is 0 Å². The van der Waals surface area contributed by atoms with Crippen molar-refractivity contribution in [3.05, 3.63) is 30.0 Å². The number of nitrogens with one attached hydrogen (secondary N) is 1. The van der Waals surface area contributed by atoms with Crippen LogP contribution in [0.3, 0.4) is 0 Å². The zero-order valence-electron chi connectivity index (χ0n) is 12.6. The van der Waals surface area contributed by atoms with Crippen molar-refractivity contribution >= 4 is 22.3 Å². The zero-order valence-corrected chi connectivity index (χ0v) is 12.6. The van der Waals surface area contributed by atoms with Gasteiger partial charge in [0.25, 0.3) is 0 Å². The fourth-order valence-electron chi connectivity index (χ4n) is 2.99. The van der Waals surface area contributed by atoms with Gasteiger partial charge in [0.1, 0.15) is 0 Å². The van der Waals surface area contributed by atoms with Crippen LogP contribution in [-0.4, -0.2) is 24.2 Å². The van der Waals surface area contributed by atoms with E-state index in [0.717, 1.165) is 41.1 Å². The molecule has 0 spiro atoms. The first kappa shape index (κ1) is 14.1. The minimum Gasteiger partial charge on any atom is -0.399 e. The molecular formula is C17H23N3O. The highest BCUT2D eigenvalue weighted by molar-refractivity contribution is 5.93. The van der Waals surface area contributed by atoms with Gasteiger partial charge in [0.05, 0.1) is 18.2 Å². The second-order valence-electron chi connectivity index (χ2n) is 5.79. The van der Waals surface area contributed by atoms with Gasteiger partial charge < -0.3 is 15.8 Å². The largest absolute Gasteiger partial charge is 0.399 e. The summed E-state index contributed by atoms with van der Waals surface area (Å²) in [5.74, 6) is 0. The van der Waals surface area contributed by atoms with E-state index >= 15 is 0 Å². The number of pyridine rings is 1. The molecule has 0 unspecified atom stereocenters. The Hall–Kier alpha value is -1.81. The van der Waals surface area contributed by atoms with E-state index in [2.05, 4.69) is 16.4 Å². The summed E-state index contributed by atoms with van der Waals surface area (Å²) in [6, 6.07) is 7.90. The van der Waals surface area contributed by atoms with Crippen molar-refractivity contribution in [2.24, 2.45) is 0 Å². The SMILES string of the molecule is Cc1cc(NCCOC2CCCC2)c2cc(N)ccc2n1. The van der Waals surface area contributed by atoms with Crippen molar-refractivity contribution in [3.8, 4) is 0 Å². The quantitative estimate of drug-likeness (QED) is 0.652. The minimum atomic E-state index is 0.471. The second-order valence-corrected chi connectivity index (χ2v) is 5.79. The lowest BCUT2D eigenvalue weighted by atomic mass is 10.1. The maximum absolute atomic E-state index is 5.89. The molecule has 21 heavy (non-hydrogen) atoms. The van der Waals surface area contributed by atoms with Crippen LogP contribution >= 0.6 is 0 Å². The maximum Gasteiger partial charge on any atom is 0.0727 e. The molecular weight excluding hydrogens is 262 g/mol. The minimum absolute atomic E-state index is 0.471. The number of benzene rings is 1. The Morgan fingerprint density at radius 2 is 2.10 bits per heavy atom. The van der Waals surface area contributed by atoms with Crippen LogP contribution in [0.15, 0.2) is 24.3 Å². The predicted octanol–water partition coefficient (Wildman–Crippen LogP) is 3.50. The molecule has 1 aromatic heterocycles. The first-order valence-corrected chi connectivity index (χ1v) is 7.75. The van der Waals surface area contributed by atoms with E-state index < -0.39 is 0 Å². The van der Waals surface area contributed by atoms with E-state index in [4.69, 9.17) is 10.5 Å². The molecule has 3 N–H and O–H groups in total. The third kappa shape index (κ3) is 3.45. The number of aryl methyl sites for hydroxylation is 1. The number of anilines is 2. The highest BCUT2D eigenvalue weighted by Gasteiger charge is 2.14. The van der Waals surface area contributed by atoms with E-state index in [1.165, 1.54) is 25.7 Å². The lowest BCUT2D eigenvalue weighted by Crippen LogP contribution is -2.15. The molecule has 1 saturated carbocycles. The predicted molar refractivity (Wildman–Crippen MR) is 87.6 cm³/mol. The van der Waals surface area contributed by atoms with Crippen LogP contribution in [0.4, 0.5) is 11.4 Å². The van der Waals surface area contributed by atoms with E-state index in [-0.39, 0.29) is 0 Å². The van der Waals surface area contributed by atoms with Gasteiger partial charge in [-0.15, -0.1) is 0 Å². The first-order chi connectivity index (χ1) is 10.2. The Kier molecular flexibility index (Phi) is 4.25. The van der Waals surface area contributed by atoms with Gasteiger partial charge in [-0.1, -0.05) is 12.8 Å². The van der Waals surface area contributed by atoms with Crippen LogP contribution in [0.2, 0.25) is 0 Å². The summed E-state index contributed by atoms with van der Waals surface area (Å²) in [4.78, 5) is 4.54. The van der Waals surface area contributed by atoms with Crippen LogP contribution in [0.5, 0.6) is 0 Å². The van der Waals surface area contributed by atoms with Gasteiger partial charge >= 0.3 is 0 Å². The fourth-order valence-corrected chi connectivity index (χ4v) is 2.99. The number of rotatable bonds is 5. The summed E-state index contributed by atoms with van der Waals surface area (Å²) in [6.07, 6.45) is 5.53. The normalized spacial score (nSPS) is 15.7. The van der Waals surface area contributed by atoms with Gasteiger partial charge in [-0.2, -0.15) is 0 Å². The smallest absolute Gasteiger partial charge is 0.0727 e. The summed E-state index contributed by atoms with van der Waals surface area (Å²) < 4.78 is 5.89. The van der Waals surface area contributed by atoms with Gasteiger partial charge in [-0.25, -0.2) is 0 Å². The molecule has 1 aliphatic rings. The molecule has 0 atom stereocenters. The number of nitrogens with two attached hydrogens (primary N) is 1. The van der Waals surface area contributed by atoms with Crippen LogP contribution < -0.4 is 11.1 Å². The zero-order chi connectivity index (χ0) is 14.7. The Balaban J connectivity index is 1.66. The van der Waals surface area contributed by atoms with Crippen LogP contribution in [-0.2, 0) is 4.74 Å². The number of aromatic nitrogens is 1. The molecule has 1 heterocycles. The van der Waals surface area contributed by atoms with Crippen molar-refractivity contribution in [3.63, 3.8) is 0 Å². The molecule has 0 saturated heterocycles. The average Bonchev–Trinajstić information content (AvgIpc) is 2.97. The lowest BCUT2D eigenvalue weighted by Gasteiger charge is -2.14. The third-order valence-corrected chi connectivity index (χ3v) is 4.03. The molecule has 112 valence electrons. The van der Waals surface area contributed by atoms with Crippen molar-refractivity contribution in [2.45, 2.75) is 38.7 Å². The summed E-state index contributed by atoms with van der Waals surface area (Å²) in [6.45, 7) is 3.57. The number of nitrogen functional groups attached to an aromatic ring is 1. The van der Waals surface area contributed by atoms with E-state index in [1.807, 2.05) is 25.1 Å². The Morgan fingerprint density at radius 1 is 1.29 bits per heavy atom. The Bertz CT molecular complexity index is 621. The number of hydrogen-bond donors (Lipinski definition) is 2. The van der Waals surface area contributed by atoms with E-state index in [0.29, 0.717) is 6.10 Å². The molecule has 4 heteroatoms. The molecule has 0 amide bonds. The maximum atomic E-state index is 5.89. The van der Waals surface area contributed by atoms with Gasteiger partial charge in [0.2, 0.25) is 0 Å². The van der Waals surface area contributed by atoms with Crippen molar-refractivity contribution in [1.82, 2.24) is 4.98 Å². The van der Waals surface area contributed by atoms with Crippen LogP contribution in [0, 0.1) is 6.92 Å². The molecule has 1 aromatic carbocycles. The Labute approximate surface area is 125 Å². The van der Waals surface area contributed by atoms with Crippen molar-refractivity contribution in [2.75, 3.05) is 24.2 Å². The topological polar surface area (TPSA) is 60.2 Å². The monoisotopic (exact) mass is 285 g/mol. The molecule has 4 nitrogen and oxygen atoms in total. The van der Waals surface area contributed by atoms with Crippen molar-refractivity contribution in [1.29, 1.82) is 0 Å². The van der Waals surface area contributed by atoms with Crippen molar-refractivity contribution < 1.29 is 4.74 Å². The lowest BCUT2D eigenvalue weighted by molar-refractivity contribution is 0.0659. The number of nitrogens with zero attached hydrogens (tertiary/aromatic N) is 1. The molecule has 0 radical (unpaired) electrons. The second kappa shape index (κ2) is 6.31. The van der Waals surface area contributed by atoms with Gasteiger partial charge in [-0.3, -0.25) is 4.98 Å². The molecule has 1 fully saturated rings. The van der Waals surface area contributed by atoms with Gasteiger partial charge in [0, 0.05) is 29.0 Å². The summed E-state index contributed by atoms with van der Waals surface area (Å²) >= 11 is 0. The van der Waals surface area contributed by atoms with Crippen LogP contribution in [0.1, 0.15) is 31.4 Å². The standard InChI is InChI=1S/C17H23N3O/c1-12-10-17(15-11-13(18)6-7-16(15)20-12)19-8-9-21-14-4-2-3-5-14/h6-7,10-11,14H,2-5,8-9,18H2,1H3,(H,19,20). The summed E-state index contributed by atoms with van der Waals surface area (Å²) in [7, 11) is 0. The number of hydrogen-bond acceptors (Lipinski definition) is 4. The van der Waals surface area contributed by atoms with Gasteiger partial charge in [0.15, 0.2) is 0 Å². The molecule has 0 bridgehead atoms. The molecule has 3 rings (SSSR count). The first-order valence-electron chi connectivity index (χ1n) is 7.75. The van der Waals surface area contributed by atoms with Crippen LogP contribution in [0.25, 0.3) is 10.9 Å². The van der Waals surface area contributed by atoms with Gasteiger partial charge in [-0.05, 0) is 44.0 Å². The third-order valence-electron chi connectivity index (χ3n) is 4.03. The molecule has 2 aromatic rings. The summed E-state index contributed by atoms with van der Waals surface area (Å²) in [5.41, 5.74) is 9.72. The molecule has 0 aliphatic heterocycles. The number of fused-ring (bicyclic) bond motifs is 1. The fraction of sp³-hybridized carbons (Fsp3) is 0.471. The highest BCUT2D eigenvalue weighted by atomic mass is 16.5. The average molecular weight is 285 g/mol. The summed E-state index contributed by atoms with van der Waals surface area (Å²) in [5, 5.41) is 4.53. The highest BCUT2D eigenvalue weighted by Crippen LogP contribution is 2.25. The number of ether oxygens (including phenoxy) is 1.